The van der Waals surface area contributed by atoms with Crippen molar-refractivity contribution in [1.29, 1.82) is 0 Å². The lowest BCUT2D eigenvalue weighted by Gasteiger charge is -2.26. The van der Waals surface area contributed by atoms with E-state index in [4.69, 9.17) is 15.6 Å². The van der Waals surface area contributed by atoms with Crippen LogP contribution in [0.5, 0.6) is 0 Å². The predicted octanol–water partition coefficient (Wildman–Crippen LogP) is 0.420. The van der Waals surface area contributed by atoms with Crippen molar-refractivity contribution in [3.63, 3.8) is 0 Å². The fraction of sp³-hybridized carbons (Fsp3) is 0.400. The van der Waals surface area contributed by atoms with Crippen molar-refractivity contribution < 1.29 is 48.1 Å². The number of likely N-dealkylation sites (N-methyl/N-ethyl adjacent to an activating group) is 1. The van der Waals surface area contributed by atoms with Crippen LogP contribution in [-0.2, 0) is 49.5 Å². The van der Waals surface area contributed by atoms with Crippen LogP contribution < -0.4 is 21.7 Å². The fourth-order valence-corrected chi connectivity index (χ4v) is 4.72. The van der Waals surface area contributed by atoms with Crippen molar-refractivity contribution in [1.82, 2.24) is 20.9 Å². The first-order valence-corrected chi connectivity index (χ1v) is 15.8. The average Bonchev–Trinajstić information content (AvgIpc) is 3.10. The highest BCUT2D eigenvalue weighted by Crippen LogP contribution is 2.13. The summed E-state index contributed by atoms with van der Waals surface area (Å²) >= 11 is 0. The second-order valence-electron chi connectivity index (χ2n) is 11.5. The average molecular weight is 696 g/mol. The molecule has 2 rings (SSSR count). The molecule has 0 heterocycles. The molecule has 0 aliphatic heterocycles. The van der Waals surface area contributed by atoms with Crippen molar-refractivity contribution in [3.8, 4) is 0 Å². The van der Waals surface area contributed by atoms with Gasteiger partial charge in [-0.15, -0.1) is 0 Å². The van der Waals surface area contributed by atoms with E-state index in [0.717, 1.165) is 30.2 Å². The first kappa shape index (κ1) is 40.6. The Morgan fingerprint density at radius 3 is 2.00 bits per heavy atom. The van der Waals surface area contributed by atoms with Gasteiger partial charge in [0.2, 0.25) is 23.6 Å². The van der Waals surface area contributed by atoms with Gasteiger partial charge in [-0.25, -0.2) is 9.59 Å². The highest BCUT2D eigenvalue weighted by atomic mass is 16.5. The zero-order chi connectivity index (χ0) is 37.2. The summed E-state index contributed by atoms with van der Waals surface area (Å²) in [7, 11) is 3.46. The Morgan fingerprint density at radius 1 is 0.840 bits per heavy atom. The SMILES string of the molecule is COC(=O)[C@H](CC(=O)O)NC(=O)CN(C)C(=O)CC[C@H](NC(=O)[C@@H](C)[C@H](/C=C/c1ccccc1)NC(=O)[C@H](N)Cc1ccccc1)C(=O)OC. The van der Waals surface area contributed by atoms with Gasteiger partial charge >= 0.3 is 17.9 Å². The third kappa shape index (κ3) is 13.9. The van der Waals surface area contributed by atoms with Crippen LogP contribution in [0.25, 0.3) is 6.08 Å². The smallest absolute Gasteiger partial charge is 0.328 e. The van der Waals surface area contributed by atoms with Crippen molar-refractivity contribution in [3.05, 3.63) is 77.9 Å². The molecule has 0 saturated heterocycles. The predicted molar refractivity (Wildman–Crippen MR) is 182 cm³/mol. The summed E-state index contributed by atoms with van der Waals surface area (Å²) in [5.74, 6) is -6.55. The molecule has 0 unspecified atom stereocenters. The minimum atomic E-state index is -1.45. The number of carboxylic acid groups (broad SMARTS) is 1. The maximum absolute atomic E-state index is 13.5. The standard InChI is InChI=1S/C35H45N5O10/c1-22(26(16-15-23-11-7-5-8-12-23)38-33(46)25(36)19-24-13-9-6-10-14-24)32(45)39-27(34(47)49-3)17-18-30(42)40(2)21-29(41)37-28(20-31(43)44)35(48)50-4/h5-16,22,25-28H,17-21,36H2,1-4H3,(H,37,41)(H,38,46)(H,39,45)(H,43,44)/b16-15+/t22-,25+,26-,27-,28-/m0/s1. The topological polar surface area (TPSA) is 224 Å². The second-order valence-corrected chi connectivity index (χ2v) is 11.5. The summed E-state index contributed by atoms with van der Waals surface area (Å²) in [6.07, 6.45) is 2.46. The molecule has 5 atom stereocenters. The number of carbonyl (C=O) groups excluding carboxylic acids is 6. The third-order valence-electron chi connectivity index (χ3n) is 7.65. The molecule has 2 aromatic carbocycles. The molecule has 15 nitrogen and oxygen atoms in total. The van der Waals surface area contributed by atoms with Crippen LogP contribution in [0, 0.1) is 5.92 Å². The largest absolute Gasteiger partial charge is 0.481 e. The van der Waals surface area contributed by atoms with Crippen molar-refractivity contribution in [2.45, 2.75) is 56.8 Å². The maximum atomic E-state index is 13.5. The van der Waals surface area contributed by atoms with Crippen molar-refractivity contribution in [2.24, 2.45) is 11.7 Å². The summed E-state index contributed by atoms with van der Waals surface area (Å²) in [5.41, 5.74) is 7.88. The number of ether oxygens (including phenoxy) is 2. The lowest BCUT2D eigenvalue weighted by molar-refractivity contribution is -0.149. The van der Waals surface area contributed by atoms with E-state index in [9.17, 15) is 33.6 Å². The van der Waals surface area contributed by atoms with Gasteiger partial charge < -0.3 is 41.2 Å². The molecule has 15 heteroatoms. The highest BCUT2D eigenvalue weighted by Gasteiger charge is 2.31. The second kappa shape index (κ2) is 20.7. The number of esters is 2. The summed E-state index contributed by atoms with van der Waals surface area (Å²) in [5, 5.41) is 16.6. The summed E-state index contributed by atoms with van der Waals surface area (Å²) < 4.78 is 9.35. The normalized spacial score (nSPS) is 13.9. The molecule has 270 valence electrons. The van der Waals surface area contributed by atoms with E-state index in [0.29, 0.717) is 0 Å². The summed E-state index contributed by atoms with van der Waals surface area (Å²) in [4.78, 5) is 88.4. The highest BCUT2D eigenvalue weighted by molar-refractivity contribution is 5.91. The molecule has 0 aliphatic carbocycles. The number of nitrogens with zero attached hydrogens (tertiary/aromatic N) is 1. The first-order chi connectivity index (χ1) is 23.7. The van der Waals surface area contributed by atoms with E-state index in [1.807, 2.05) is 60.7 Å². The molecule has 0 fully saturated rings. The van der Waals surface area contributed by atoms with Crippen LogP contribution in [0.1, 0.15) is 37.3 Å². The number of benzene rings is 2. The number of methoxy groups -OCH3 is 2. The zero-order valence-electron chi connectivity index (χ0n) is 28.5. The monoisotopic (exact) mass is 695 g/mol. The number of carbonyl (C=O) groups is 7. The quantitative estimate of drug-likeness (QED) is 0.127. The van der Waals surface area contributed by atoms with Gasteiger partial charge in [-0.3, -0.25) is 24.0 Å². The number of aliphatic carboxylic acids is 1. The van der Waals surface area contributed by atoms with Crippen LogP contribution in [0.2, 0.25) is 0 Å². The molecule has 0 aromatic heterocycles. The Hall–Kier alpha value is -5.57. The van der Waals surface area contributed by atoms with Gasteiger partial charge in [0.1, 0.15) is 12.1 Å². The van der Waals surface area contributed by atoms with Crippen LogP contribution in [0.3, 0.4) is 0 Å². The number of hydrogen-bond acceptors (Lipinski definition) is 10. The van der Waals surface area contributed by atoms with Gasteiger partial charge in [0.05, 0.1) is 45.2 Å². The molecule has 6 N–H and O–H groups in total. The number of hydrogen-bond donors (Lipinski definition) is 5. The van der Waals surface area contributed by atoms with Gasteiger partial charge in [0.15, 0.2) is 0 Å². The van der Waals surface area contributed by atoms with E-state index >= 15 is 0 Å². The Morgan fingerprint density at radius 2 is 1.42 bits per heavy atom. The van der Waals surface area contributed by atoms with Gasteiger partial charge in [-0.05, 0) is 24.0 Å². The number of carboxylic acids is 1. The van der Waals surface area contributed by atoms with Crippen LogP contribution in [0.15, 0.2) is 66.7 Å². The number of nitrogens with one attached hydrogen (secondary N) is 3. The van der Waals surface area contributed by atoms with E-state index in [1.165, 1.54) is 7.05 Å². The zero-order valence-corrected chi connectivity index (χ0v) is 28.5. The molecule has 0 radical (unpaired) electrons. The van der Waals surface area contributed by atoms with E-state index < -0.39 is 84.6 Å². The number of amides is 4. The Kier molecular flexibility index (Phi) is 16.8. The maximum Gasteiger partial charge on any atom is 0.328 e. The van der Waals surface area contributed by atoms with E-state index in [2.05, 4.69) is 20.7 Å². The summed E-state index contributed by atoms with van der Waals surface area (Å²) in [6.45, 7) is 1.04. The molecule has 0 bridgehead atoms. The molecule has 2 aromatic rings. The van der Waals surface area contributed by atoms with E-state index in [1.54, 1.807) is 19.1 Å². The molecule has 50 heavy (non-hydrogen) atoms. The molecule has 0 aliphatic rings. The molecular formula is C35H45N5O10. The van der Waals surface area contributed by atoms with Crippen molar-refractivity contribution >= 4 is 47.6 Å². The number of rotatable bonds is 19. The van der Waals surface area contributed by atoms with Gasteiger partial charge in [0.25, 0.3) is 0 Å². The van der Waals surface area contributed by atoms with Gasteiger partial charge in [-0.2, -0.15) is 0 Å². The van der Waals surface area contributed by atoms with Crippen LogP contribution in [0.4, 0.5) is 0 Å². The third-order valence-corrected chi connectivity index (χ3v) is 7.65. The minimum Gasteiger partial charge on any atom is -0.481 e. The van der Waals surface area contributed by atoms with Gasteiger partial charge in [-0.1, -0.05) is 79.7 Å². The van der Waals surface area contributed by atoms with Gasteiger partial charge in [0, 0.05) is 13.5 Å². The van der Waals surface area contributed by atoms with Crippen LogP contribution in [-0.4, -0.2) is 104 Å². The molecule has 0 saturated carbocycles. The first-order valence-electron chi connectivity index (χ1n) is 15.8. The van der Waals surface area contributed by atoms with E-state index in [-0.39, 0.29) is 19.3 Å². The number of nitrogens with two attached hydrogens (primary N) is 1. The molecule has 0 spiro atoms. The molecule has 4 amide bonds. The molecular weight excluding hydrogens is 650 g/mol. The lowest BCUT2D eigenvalue weighted by atomic mass is 9.97. The lowest BCUT2D eigenvalue weighted by Crippen LogP contribution is -2.52. The Labute approximate surface area is 290 Å². The Balaban J connectivity index is 2.10. The fourth-order valence-electron chi connectivity index (χ4n) is 4.72. The van der Waals surface area contributed by atoms with Crippen LogP contribution >= 0.6 is 0 Å². The minimum absolute atomic E-state index is 0.196. The summed E-state index contributed by atoms with van der Waals surface area (Å²) in [6, 6.07) is 14.0. The van der Waals surface area contributed by atoms with Crippen molar-refractivity contribution in [2.75, 3.05) is 27.8 Å². The Bertz CT molecular complexity index is 1500.